The van der Waals surface area contributed by atoms with Crippen LogP contribution in [0.25, 0.3) is 0 Å². The molecule has 0 aromatic carbocycles. The third-order valence-electron chi connectivity index (χ3n) is 3.46. The van der Waals surface area contributed by atoms with Gasteiger partial charge < -0.3 is 5.11 Å². The average molecular weight is 308 g/mol. The van der Waals surface area contributed by atoms with Crippen molar-refractivity contribution in [1.82, 2.24) is 0 Å². The van der Waals surface area contributed by atoms with Crippen molar-refractivity contribution >= 4 is 17.7 Å². The van der Waals surface area contributed by atoms with Crippen LogP contribution in [0.1, 0.15) is 57.8 Å². The number of carboxylic acids is 1. The Morgan fingerprint density at radius 1 is 0.952 bits per heavy atom. The Hall–Kier alpha value is -0.960. The van der Waals surface area contributed by atoms with E-state index in [-0.39, 0.29) is 11.7 Å². The van der Waals surface area contributed by atoms with Gasteiger partial charge in [-0.3, -0.25) is 4.79 Å². The summed E-state index contributed by atoms with van der Waals surface area (Å²) in [5.41, 5.74) is 0. The van der Waals surface area contributed by atoms with Crippen molar-refractivity contribution in [1.29, 1.82) is 0 Å². The minimum atomic E-state index is -0.683. The van der Waals surface area contributed by atoms with Crippen LogP contribution in [0.3, 0.4) is 0 Å². The van der Waals surface area contributed by atoms with Crippen LogP contribution in [-0.2, 0) is 4.79 Å². The summed E-state index contributed by atoms with van der Waals surface area (Å²) in [6.45, 7) is 0. The molecule has 1 heterocycles. The molecular formula is C18H28O2S. The van der Waals surface area contributed by atoms with Gasteiger partial charge in [0.15, 0.2) is 0 Å². The molecule has 0 aliphatic carbocycles. The van der Waals surface area contributed by atoms with Crippen molar-refractivity contribution in [3.05, 3.63) is 36.5 Å². The fourth-order valence-corrected chi connectivity index (χ4v) is 3.49. The summed E-state index contributed by atoms with van der Waals surface area (Å²) in [7, 11) is 0. The van der Waals surface area contributed by atoms with Gasteiger partial charge in [-0.1, -0.05) is 49.3 Å². The van der Waals surface area contributed by atoms with Crippen LogP contribution in [0.15, 0.2) is 36.5 Å². The fourth-order valence-electron chi connectivity index (χ4n) is 2.28. The second-order valence-corrected chi connectivity index (χ2v) is 6.82. The zero-order valence-corrected chi connectivity index (χ0v) is 13.7. The van der Waals surface area contributed by atoms with E-state index in [0.717, 1.165) is 25.0 Å². The lowest BCUT2D eigenvalue weighted by atomic mass is 10.1. The zero-order chi connectivity index (χ0) is 15.2. The van der Waals surface area contributed by atoms with Crippen LogP contribution < -0.4 is 0 Å². The summed E-state index contributed by atoms with van der Waals surface area (Å²) in [5, 5.41) is 9.20. The Morgan fingerprint density at radius 3 is 2.38 bits per heavy atom. The first-order valence-electron chi connectivity index (χ1n) is 8.07. The number of thioether (sulfide) groups is 1. The minimum absolute atomic E-state index is 0.222. The van der Waals surface area contributed by atoms with E-state index in [1.54, 1.807) is 0 Å². The van der Waals surface area contributed by atoms with E-state index in [1.807, 2.05) is 11.8 Å². The molecular weight excluding hydrogens is 280 g/mol. The normalized spacial score (nSPS) is 27.3. The van der Waals surface area contributed by atoms with Gasteiger partial charge in [0, 0.05) is 5.25 Å². The molecule has 0 aromatic rings. The van der Waals surface area contributed by atoms with E-state index in [4.69, 9.17) is 5.11 Å². The van der Waals surface area contributed by atoms with Crippen LogP contribution in [0.4, 0.5) is 0 Å². The molecule has 1 aliphatic heterocycles. The smallest absolute Gasteiger partial charge is 0.304 e. The number of aliphatic carboxylic acids is 1. The van der Waals surface area contributed by atoms with Gasteiger partial charge in [0.05, 0.1) is 6.42 Å². The molecule has 1 rings (SSSR count). The van der Waals surface area contributed by atoms with Gasteiger partial charge in [0.25, 0.3) is 0 Å². The maximum Gasteiger partial charge on any atom is 0.304 e. The predicted molar refractivity (Wildman–Crippen MR) is 92.9 cm³/mol. The Labute approximate surface area is 133 Å². The van der Waals surface area contributed by atoms with Gasteiger partial charge in [-0.15, -0.1) is 0 Å². The first kappa shape index (κ1) is 18.1. The number of allylic oxidation sites excluding steroid dienone is 6. The van der Waals surface area contributed by atoms with Crippen molar-refractivity contribution in [3.8, 4) is 0 Å². The quantitative estimate of drug-likeness (QED) is 0.697. The molecule has 0 saturated carbocycles. The second kappa shape index (κ2) is 12.8. The molecule has 118 valence electrons. The fraction of sp³-hybridized carbons (Fsp3) is 0.611. The van der Waals surface area contributed by atoms with Crippen LogP contribution in [0, 0.1) is 0 Å². The molecule has 1 aliphatic rings. The van der Waals surface area contributed by atoms with E-state index < -0.39 is 5.97 Å². The second-order valence-electron chi connectivity index (χ2n) is 5.41. The van der Waals surface area contributed by atoms with Crippen LogP contribution in [0.2, 0.25) is 0 Å². The lowest BCUT2D eigenvalue weighted by Gasteiger charge is -2.12. The largest absolute Gasteiger partial charge is 0.481 e. The number of carboxylic acid groups (broad SMARTS) is 1. The maximum atomic E-state index is 10.9. The van der Waals surface area contributed by atoms with Crippen molar-refractivity contribution in [2.45, 2.75) is 63.0 Å². The monoisotopic (exact) mass is 308 g/mol. The third-order valence-corrected chi connectivity index (χ3v) is 4.82. The van der Waals surface area contributed by atoms with Crippen LogP contribution in [0.5, 0.6) is 0 Å². The van der Waals surface area contributed by atoms with E-state index in [0.29, 0.717) is 0 Å². The van der Waals surface area contributed by atoms with E-state index in [9.17, 15) is 4.79 Å². The van der Waals surface area contributed by atoms with Crippen molar-refractivity contribution in [2.24, 2.45) is 0 Å². The van der Waals surface area contributed by atoms with Crippen LogP contribution >= 0.6 is 11.8 Å². The minimum Gasteiger partial charge on any atom is -0.481 e. The highest BCUT2D eigenvalue weighted by Crippen LogP contribution is 2.21. The maximum absolute atomic E-state index is 10.9. The Morgan fingerprint density at radius 2 is 1.62 bits per heavy atom. The van der Waals surface area contributed by atoms with E-state index >= 15 is 0 Å². The highest BCUT2D eigenvalue weighted by Gasteiger charge is 2.11. The van der Waals surface area contributed by atoms with Gasteiger partial charge in [0.1, 0.15) is 0 Å². The Balaban J connectivity index is 2.44. The van der Waals surface area contributed by atoms with Crippen molar-refractivity contribution in [3.63, 3.8) is 0 Å². The van der Waals surface area contributed by atoms with Crippen molar-refractivity contribution < 1.29 is 9.90 Å². The summed E-state index contributed by atoms with van der Waals surface area (Å²) in [4.78, 5) is 10.9. The molecule has 3 heteroatoms. The summed E-state index contributed by atoms with van der Waals surface area (Å²) < 4.78 is 0. The lowest BCUT2D eigenvalue weighted by Crippen LogP contribution is -2.09. The predicted octanol–water partition coefficient (Wildman–Crippen LogP) is 5.37. The molecule has 0 radical (unpaired) electrons. The number of hydrogen-bond donors (Lipinski definition) is 1. The third kappa shape index (κ3) is 11.4. The van der Waals surface area contributed by atoms with E-state index in [1.165, 1.54) is 32.1 Å². The van der Waals surface area contributed by atoms with Gasteiger partial charge in [-0.2, -0.15) is 11.8 Å². The summed E-state index contributed by atoms with van der Waals surface area (Å²) in [6.07, 6.45) is 22.5. The molecule has 0 aromatic heterocycles. The molecule has 0 spiro atoms. The van der Waals surface area contributed by atoms with Crippen molar-refractivity contribution in [2.75, 3.05) is 5.75 Å². The molecule has 0 bridgehead atoms. The first-order valence-corrected chi connectivity index (χ1v) is 9.12. The number of hydrogen-bond acceptors (Lipinski definition) is 2. The molecule has 21 heavy (non-hydrogen) atoms. The topological polar surface area (TPSA) is 37.3 Å². The number of carbonyl (C=O) groups is 1. The summed E-state index contributed by atoms with van der Waals surface area (Å²) in [5.74, 6) is 0.402. The summed E-state index contributed by atoms with van der Waals surface area (Å²) >= 11 is 1.83. The SMILES string of the molecule is O=C(O)CC1C/C=C\C/C=C\C/C=C\CCCCCCS1. The molecule has 0 saturated heterocycles. The zero-order valence-electron chi connectivity index (χ0n) is 12.9. The van der Waals surface area contributed by atoms with Gasteiger partial charge in [0.2, 0.25) is 0 Å². The molecule has 0 amide bonds. The molecule has 0 fully saturated rings. The van der Waals surface area contributed by atoms with E-state index in [2.05, 4.69) is 36.5 Å². The van der Waals surface area contributed by atoms with Crippen LogP contribution in [-0.4, -0.2) is 22.1 Å². The Bertz CT molecular complexity index is 358. The first-order chi connectivity index (χ1) is 10.3. The summed E-state index contributed by atoms with van der Waals surface area (Å²) in [6, 6.07) is 0. The average Bonchev–Trinajstić information content (AvgIpc) is 2.45. The molecule has 2 nitrogen and oxygen atoms in total. The van der Waals surface area contributed by atoms with Gasteiger partial charge in [-0.05, 0) is 44.3 Å². The van der Waals surface area contributed by atoms with Gasteiger partial charge >= 0.3 is 5.97 Å². The highest BCUT2D eigenvalue weighted by atomic mass is 32.2. The lowest BCUT2D eigenvalue weighted by molar-refractivity contribution is -0.136. The number of rotatable bonds is 2. The highest BCUT2D eigenvalue weighted by molar-refractivity contribution is 7.99. The molecule has 1 unspecified atom stereocenters. The molecule has 1 N–H and O–H groups in total. The molecule has 1 atom stereocenters. The van der Waals surface area contributed by atoms with Gasteiger partial charge in [-0.25, -0.2) is 0 Å². The Kier molecular flexibility index (Phi) is 11.0. The standard InChI is InChI=1S/C18H28O2S/c19-18(20)16-17-14-12-10-8-6-4-2-1-3-5-7-9-11-13-15-21-17/h1,3-4,6,10,12,17H,2,5,7-9,11,13-16H2,(H,19,20)/b3-1-,6-4-,12-10-.